The Kier molecular flexibility index (Phi) is 8.01. The lowest BCUT2D eigenvalue weighted by Gasteiger charge is -2.17. The number of hydrogen-bond donors (Lipinski definition) is 1. The maximum absolute atomic E-state index is 12.8. The average Bonchev–Trinajstić information content (AvgIpc) is 2.79. The summed E-state index contributed by atoms with van der Waals surface area (Å²) in [6.07, 6.45) is -0.185. The zero-order valence-electron chi connectivity index (χ0n) is 18.2. The second kappa shape index (κ2) is 10.7. The van der Waals surface area contributed by atoms with E-state index in [1.54, 1.807) is 30.3 Å². The summed E-state index contributed by atoms with van der Waals surface area (Å²) in [5.74, 6) is -0.849. The normalized spacial score (nSPS) is 11.9. The molecule has 7 nitrogen and oxygen atoms in total. The molecule has 0 spiro atoms. The van der Waals surface area contributed by atoms with Gasteiger partial charge in [0.25, 0.3) is 0 Å². The van der Waals surface area contributed by atoms with Crippen molar-refractivity contribution in [1.29, 1.82) is 0 Å². The first-order chi connectivity index (χ1) is 15.7. The smallest absolute Gasteiger partial charge is 0.243 e. The number of hydrogen-bond acceptors (Lipinski definition) is 5. The predicted octanol–water partition coefficient (Wildman–Crippen LogP) is 3.45. The summed E-state index contributed by atoms with van der Waals surface area (Å²) in [6, 6.07) is 23.9. The molecule has 1 amide bonds. The zero-order chi connectivity index (χ0) is 23.9. The zero-order valence-corrected chi connectivity index (χ0v) is 19.8. The molecule has 0 heterocycles. The molecule has 3 aromatic carbocycles. The van der Waals surface area contributed by atoms with E-state index >= 15 is 0 Å². The predicted molar refractivity (Wildman–Crippen MR) is 129 cm³/mol. The molecular weight excluding hydrogens is 460 g/mol. The van der Waals surface area contributed by atoms with Crippen LogP contribution in [0, 0.1) is 0 Å². The number of amides is 1. The van der Waals surface area contributed by atoms with Crippen molar-refractivity contribution in [1.82, 2.24) is 4.31 Å². The SMILES string of the molecule is CN(Cc1ccccc1)S(=O)(=O)c1ccc(NC(=O)CCS(=O)(=O)Cc2ccccc2)cc1. The van der Waals surface area contributed by atoms with Crippen molar-refractivity contribution in [3.05, 3.63) is 96.1 Å². The van der Waals surface area contributed by atoms with Gasteiger partial charge in [0.2, 0.25) is 15.9 Å². The van der Waals surface area contributed by atoms with E-state index in [-0.39, 0.29) is 29.4 Å². The van der Waals surface area contributed by atoms with Gasteiger partial charge in [0.1, 0.15) is 0 Å². The van der Waals surface area contributed by atoms with Crippen LogP contribution in [0.5, 0.6) is 0 Å². The molecule has 0 fully saturated rings. The van der Waals surface area contributed by atoms with Crippen LogP contribution in [-0.2, 0) is 37.0 Å². The van der Waals surface area contributed by atoms with Crippen LogP contribution in [-0.4, -0.2) is 39.8 Å². The Hall–Kier alpha value is -3.01. The van der Waals surface area contributed by atoms with Gasteiger partial charge in [-0.25, -0.2) is 16.8 Å². The van der Waals surface area contributed by atoms with Gasteiger partial charge in [0.15, 0.2) is 9.84 Å². The Morgan fingerprint density at radius 1 is 0.788 bits per heavy atom. The van der Waals surface area contributed by atoms with E-state index in [1.165, 1.54) is 35.6 Å². The van der Waals surface area contributed by atoms with Gasteiger partial charge in [-0.3, -0.25) is 4.79 Å². The molecule has 174 valence electrons. The van der Waals surface area contributed by atoms with Gasteiger partial charge in [0.05, 0.1) is 16.4 Å². The highest BCUT2D eigenvalue weighted by molar-refractivity contribution is 7.90. The van der Waals surface area contributed by atoms with Crippen molar-refractivity contribution < 1.29 is 21.6 Å². The molecule has 0 saturated carbocycles. The van der Waals surface area contributed by atoms with E-state index in [4.69, 9.17) is 0 Å². The number of nitrogens with one attached hydrogen (secondary N) is 1. The molecular formula is C24H26N2O5S2. The molecule has 0 aromatic heterocycles. The molecule has 0 unspecified atom stereocenters. The van der Waals surface area contributed by atoms with Crippen LogP contribution in [0.15, 0.2) is 89.8 Å². The van der Waals surface area contributed by atoms with Crippen molar-refractivity contribution in [2.24, 2.45) is 0 Å². The highest BCUT2D eigenvalue weighted by atomic mass is 32.2. The van der Waals surface area contributed by atoms with E-state index in [0.29, 0.717) is 11.3 Å². The number of benzene rings is 3. The topological polar surface area (TPSA) is 101 Å². The van der Waals surface area contributed by atoms with Crippen LogP contribution in [0.4, 0.5) is 5.69 Å². The Morgan fingerprint density at radius 3 is 1.91 bits per heavy atom. The van der Waals surface area contributed by atoms with Gasteiger partial charge in [0, 0.05) is 25.7 Å². The van der Waals surface area contributed by atoms with Crippen LogP contribution in [0.25, 0.3) is 0 Å². The lowest BCUT2D eigenvalue weighted by molar-refractivity contribution is -0.115. The van der Waals surface area contributed by atoms with Gasteiger partial charge < -0.3 is 5.32 Å². The van der Waals surface area contributed by atoms with Crippen molar-refractivity contribution in [3.63, 3.8) is 0 Å². The van der Waals surface area contributed by atoms with Crippen LogP contribution in [0.2, 0.25) is 0 Å². The van der Waals surface area contributed by atoms with Crippen LogP contribution < -0.4 is 5.32 Å². The third kappa shape index (κ3) is 7.24. The first-order valence-electron chi connectivity index (χ1n) is 10.3. The van der Waals surface area contributed by atoms with Gasteiger partial charge in [-0.2, -0.15) is 4.31 Å². The van der Waals surface area contributed by atoms with E-state index in [2.05, 4.69) is 5.32 Å². The summed E-state index contributed by atoms with van der Waals surface area (Å²) in [5.41, 5.74) is 1.94. The molecule has 3 rings (SSSR count). The molecule has 0 aliphatic heterocycles. The van der Waals surface area contributed by atoms with E-state index in [9.17, 15) is 21.6 Å². The Balaban J connectivity index is 1.55. The van der Waals surface area contributed by atoms with Gasteiger partial charge in [-0.1, -0.05) is 60.7 Å². The summed E-state index contributed by atoms with van der Waals surface area (Å²) in [5, 5.41) is 2.61. The van der Waals surface area contributed by atoms with E-state index < -0.39 is 25.8 Å². The maximum Gasteiger partial charge on any atom is 0.243 e. The lowest BCUT2D eigenvalue weighted by atomic mass is 10.2. The molecule has 0 saturated heterocycles. The molecule has 0 radical (unpaired) electrons. The fraction of sp³-hybridized carbons (Fsp3) is 0.208. The highest BCUT2D eigenvalue weighted by Gasteiger charge is 2.21. The van der Waals surface area contributed by atoms with Crippen LogP contribution >= 0.6 is 0 Å². The number of nitrogens with zero attached hydrogens (tertiary/aromatic N) is 1. The summed E-state index contributed by atoms with van der Waals surface area (Å²) in [6.45, 7) is 0.235. The second-order valence-corrected chi connectivity index (χ2v) is 11.9. The summed E-state index contributed by atoms with van der Waals surface area (Å²) in [7, 11) is -5.62. The minimum absolute atomic E-state index is 0.101. The Labute approximate surface area is 195 Å². The highest BCUT2D eigenvalue weighted by Crippen LogP contribution is 2.19. The minimum Gasteiger partial charge on any atom is -0.326 e. The van der Waals surface area contributed by atoms with Crippen molar-refractivity contribution >= 4 is 31.5 Å². The molecule has 0 atom stereocenters. The van der Waals surface area contributed by atoms with E-state index in [0.717, 1.165) is 5.56 Å². The number of carbonyl (C=O) groups is 1. The maximum atomic E-state index is 12.8. The molecule has 33 heavy (non-hydrogen) atoms. The van der Waals surface area contributed by atoms with Gasteiger partial charge >= 0.3 is 0 Å². The summed E-state index contributed by atoms with van der Waals surface area (Å²) >= 11 is 0. The lowest BCUT2D eigenvalue weighted by Crippen LogP contribution is -2.26. The minimum atomic E-state index is -3.70. The summed E-state index contributed by atoms with van der Waals surface area (Å²) in [4.78, 5) is 12.3. The van der Waals surface area contributed by atoms with Crippen molar-refractivity contribution in [3.8, 4) is 0 Å². The molecule has 9 heteroatoms. The quantitative estimate of drug-likeness (QED) is 0.473. The van der Waals surface area contributed by atoms with Gasteiger partial charge in [-0.05, 0) is 35.4 Å². The number of carbonyl (C=O) groups excluding carboxylic acids is 1. The first-order valence-corrected chi connectivity index (χ1v) is 13.6. The molecule has 0 aliphatic carbocycles. The van der Waals surface area contributed by atoms with Crippen LogP contribution in [0.1, 0.15) is 17.5 Å². The largest absolute Gasteiger partial charge is 0.326 e. The van der Waals surface area contributed by atoms with Crippen molar-refractivity contribution in [2.45, 2.75) is 23.6 Å². The Bertz CT molecular complexity index is 1280. The number of sulfone groups is 1. The van der Waals surface area contributed by atoms with Crippen molar-refractivity contribution in [2.75, 3.05) is 18.1 Å². The number of anilines is 1. The van der Waals surface area contributed by atoms with Gasteiger partial charge in [-0.15, -0.1) is 0 Å². The third-order valence-electron chi connectivity index (χ3n) is 4.96. The number of rotatable bonds is 10. The Morgan fingerprint density at radius 2 is 1.33 bits per heavy atom. The monoisotopic (exact) mass is 486 g/mol. The molecule has 0 aliphatic rings. The molecule has 0 bridgehead atoms. The third-order valence-corrected chi connectivity index (χ3v) is 8.38. The summed E-state index contributed by atoms with van der Waals surface area (Å²) < 4.78 is 51.4. The molecule has 3 aromatic rings. The standard InChI is InChI=1S/C24H26N2O5S2/c1-26(18-20-8-4-2-5-9-20)33(30,31)23-14-12-22(13-15-23)25-24(27)16-17-32(28,29)19-21-10-6-3-7-11-21/h2-15H,16-19H2,1H3,(H,25,27). The fourth-order valence-corrected chi connectivity index (χ4v) is 5.69. The molecule has 1 N–H and O–H groups in total. The number of sulfonamides is 1. The van der Waals surface area contributed by atoms with E-state index in [1.807, 2.05) is 30.3 Å². The average molecular weight is 487 g/mol. The second-order valence-electron chi connectivity index (χ2n) is 7.65. The fourth-order valence-electron chi connectivity index (χ4n) is 3.19. The first kappa shape index (κ1) is 24.6. The van der Waals surface area contributed by atoms with Crippen LogP contribution in [0.3, 0.4) is 0 Å².